The van der Waals surface area contributed by atoms with Crippen molar-refractivity contribution in [2.24, 2.45) is 5.73 Å². The summed E-state index contributed by atoms with van der Waals surface area (Å²) in [5.41, 5.74) is 5.14. The first-order chi connectivity index (χ1) is 5.65. The summed E-state index contributed by atoms with van der Waals surface area (Å²) in [4.78, 5) is 23.0. The predicted molar refractivity (Wildman–Crippen MR) is 41.0 cm³/mol. The number of hydrogen-bond acceptors (Lipinski definition) is 4. The Kier molecular flexibility index (Phi) is 2.78. The molecule has 0 unspecified atom stereocenters. The summed E-state index contributed by atoms with van der Waals surface area (Å²) in [5.74, 6) is -0.431. The summed E-state index contributed by atoms with van der Waals surface area (Å²) in [7, 11) is 0. The number of imide groups is 1. The fourth-order valence-electron chi connectivity index (χ4n) is 1.11. The molecular weight excluding hydrogens is 160 g/mol. The molecule has 3 N–H and O–H groups in total. The van der Waals surface area contributed by atoms with Gasteiger partial charge in [-0.05, 0) is 0 Å². The number of rotatable bonds is 3. The van der Waals surface area contributed by atoms with E-state index < -0.39 is 6.10 Å². The van der Waals surface area contributed by atoms with Gasteiger partial charge in [-0.1, -0.05) is 0 Å². The number of nitrogens with zero attached hydrogens (tertiary/aromatic N) is 1. The topological polar surface area (TPSA) is 83.6 Å². The lowest BCUT2D eigenvalue weighted by Gasteiger charge is -2.16. The van der Waals surface area contributed by atoms with Crippen LogP contribution in [0.3, 0.4) is 0 Å². The molecule has 0 saturated carbocycles. The first-order valence-corrected chi connectivity index (χ1v) is 3.86. The third-order valence-electron chi connectivity index (χ3n) is 1.82. The number of hydrogen-bond donors (Lipinski definition) is 2. The van der Waals surface area contributed by atoms with Crippen molar-refractivity contribution in [2.75, 3.05) is 13.1 Å². The standard InChI is InChI=1S/C7H12N2O3/c8-3-5(10)4-9-6(11)1-2-7(9)12/h5,10H,1-4,8H2/t5-/m1/s1. The number of nitrogens with two attached hydrogens (primary N) is 1. The summed E-state index contributed by atoms with van der Waals surface area (Å²) >= 11 is 0. The molecule has 1 aliphatic rings. The van der Waals surface area contributed by atoms with Crippen LogP contribution in [0.2, 0.25) is 0 Å². The fraction of sp³-hybridized carbons (Fsp3) is 0.714. The number of amides is 2. The molecule has 5 heteroatoms. The summed E-state index contributed by atoms with van der Waals surface area (Å²) in [6.07, 6.45) is -0.275. The molecular formula is C7H12N2O3. The lowest BCUT2D eigenvalue weighted by Crippen LogP contribution is -2.39. The predicted octanol–water partition coefficient (Wildman–Crippen LogP) is -1.54. The van der Waals surface area contributed by atoms with Crippen LogP contribution < -0.4 is 5.73 Å². The monoisotopic (exact) mass is 172 g/mol. The Hall–Kier alpha value is -0.940. The van der Waals surface area contributed by atoms with Gasteiger partial charge in [0.1, 0.15) is 0 Å². The zero-order valence-corrected chi connectivity index (χ0v) is 6.69. The lowest BCUT2D eigenvalue weighted by molar-refractivity contribution is -0.139. The van der Waals surface area contributed by atoms with Crippen LogP contribution in [0.15, 0.2) is 0 Å². The Morgan fingerprint density at radius 1 is 1.42 bits per heavy atom. The van der Waals surface area contributed by atoms with E-state index in [1.165, 1.54) is 0 Å². The summed E-state index contributed by atoms with van der Waals surface area (Å²) in [5, 5.41) is 9.08. The number of β-amino-alcohol motifs (C(OH)–C–C–N with tert-alkyl or cyclic N) is 1. The second kappa shape index (κ2) is 3.64. The van der Waals surface area contributed by atoms with E-state index in [0.717, 1.165) is 4.90 Å². The van der Waals surface area contributed by atoms with Crippen molar-refractivity contribution in [1.29, 1.82) is 0 Å². The number of aliphatic hydroxyl groups excluding tert-OH is 1. The molecule has 1 rings (SSSR count). The molecule has 1 aliphatic heterocycles. The maximum atomic E-state index is 11.0. The van der Waals surface area contributed by atoms with Crippen molar-refractivity contribution in [1.82, 2.24) is 4.90 Å². The van der Waals surface area contributed by atoms with Gasteiger partial charge < -0.3 is 10.8 Å². The van der Waals surface area contributed by atoms with Gasteiger partial charge in [0, 0.05) is 19.4 Å². The van der Waals surface area contributed by atoms with Crippen LogP contribution >= 0.6 is 0 Å². The maximum Gasteiger partial charge on any atom is 0.229 e. The van der Waals surface area contributed by atoms with Crippen LogP contribution in [-0.4, -0.2) is 41.0 Å². The first kappa shape index (κ1) is 9.15. The molecule has 0 aromatic carbocycles. The van der Waals surface area contributed by atoms with E-state index in [1.54, 1.807) is 0 Å². The van der Waals surface area contributed by atoms with Gasteiger partial charge >= 0.3 is 0 Å². The fourth-order valence-corrected chi connectivity index (χ4v) is 1.11. The van der Waals surface area contributed by atoms with Crippen LogP contribution in [0.4, 0.5) is 0 Å². The molecule has 0 spiro atoms. The Morgan fingerprint density at radius 3 is 2.33 bits per heavy atom. The molecule has 0 radical (unpaired) electrons. The van der Waals surface area contributed by atoms with Crippen LogP contribution in [0.5, 0.6) is 0 Å². The van der Waals surface area contributed by atoms with E-state index in [4.69, 9.17) is 10.8 Å². The molecule has 0 aromatic rings. The minimum absolute atomic E-state index is 0.0359. The average Bonchev–Trinajstić information content (AvgIpc) is 2.35. The van der Waals surface area contributed by atoms with Crippen molar-refractivity contribution in [3.05, 3.63) is 0 Å². The van der Waals surface area contributed by atoms with Crippen LogP contribution in [-0.2, 0) is 9.59 Å². The van der Waals surface area contributed by atoms with Gasteiger partial charge in [0.2, 0.25) is 11.8 Å². The highest BCUT2D eigenvalue weighted by atomic mass is 16.3. The molecule has 5 nitrogen and oxygen atoms in total. The normalized spacial score (nSPS) is 20.3. The Morgan fingerprint density at radius 2 is 1.92 bits per heavy atom. The maximum absolute atomic E-state index is 11.0. The highest BCUT2D eigenvalue weighted by Gasteiger charge is 2.29. The minimum atomic E-state index is -0.795. The van der Waals surface area contributed by atoms with Crippen LogP contribution in [0.25, 0.3) is 0 Å². The molecule has 0 aromatic heterocycles. The van der Waals surface area contributed by atoms with Crippen LogP contribution in [0, 0.1) is 0 Å². The number of likely N-dealkylation sites (tertiary alicyclic amines) is 1. The molecule has 12 heavy (non-hydrogen) atoms. The zero-order valence-electron chi connectivity index (χ0n) is 6.69. The second-order valence-electron chi connectivity index (χ2n) is 2.79. The van der Waals surface area contributed by atoms with Gasteiger partial charge in [-0.2, -0.15) is 0 Å². The molecule has 0 bridgehead atoms. The van der Waals surface area contributed by atoms with Gasteiger partial charge in [-0.15, -0.1) is 0 Å². The third kappa shape index (κ3) is 1.80. The molecule has 1 atom stereocenters. The molecule has 1 fully saturated rings. The molecule has 2 amide bonds. The summed E-state index contributed by atoms with van der Waals surface area (Å²) in [6, 6.07) is 0. The van der Waals surface area contributed by atoms with Gasteiger partial charge in [-0.3, -0.25) is 14.5 Å². The highest BCUT2D eigenvalue weighted by molar-refractivity contribution is 6.01. The van der Waals surface area contributed by atoms with Crippen molar-refractivity contribution < 1.29 is 14.7 Å². The van der Waals surface area contributed by atoms with Crippen molar-refractivity contribution in [3.63, 3.8) is 0 Å². The number of carbonyl (C=O) groups is 2. The highest BCUT2D eigenvalue weighted by Crippen LogP contribution is 2.11. The Balaban J connectivity index is 2.50. The van der Waals surface area contributed by atoms with E-state index in [1.807, 2.05) is 0 Å². The molecule has 0 aliphatic carbocycles. The van der Waals surface area contributed by atoms with Crippen molar-refractivity contribution in [2.45, 2.75) is 18.9 Å². The lowest BCUT2D eigenvalue weighted by atomic mass is 10.3. The van der Waals surface area contributed by atoms with E-state index in [-0.39, 0.29) is 37.7 Å². The Bertz CT molecular complexity index is 189. The Labute approximate surface area is 70.1 Å². The van der Waals surface area contributed by atoms with E-state index in [0.29, 0.717) is 0 Å². The average molecular weight is 172 g/mol. The van der Waals surface area contributed by atoms with Gasteiger partial charge in [0.05, 0.1) is 12.6 Å². The number of aliphatic hydroxyl groups is 1. The van der Waals surface area contributed by atoms with E-state index in [9.17, 15) is 9.59 Å². The number of carbonyl (C=O) groups excluding carboxylic acids is 2. The summed E-state index contributed by atoms with van der Waals surface area (Å²) in [6.45, 7) is 0.102. The van der Waals surface area contributed by atoms with Gasteiger partial charge in [-0.25, -0.2) is 0 Å². The van der Waals surface area contributed by atoms with Gasteiger partial charge in [0.15, 0.2) is 0 Å². The zero-order chi connectivity index (χ0) is 9.14. The summed E-state index contributed by atoms with van der Waals surface area (Å²) < 4.78 is 0. The molecule has 1 heterocycles. The largest absolute Gasteiger partial charge is 0.390 e. The molecule has 68 valence electrons. The van der Waals surface area contributed by atoms with Crippen molar-refractivity contribution >= 4 is 11.8 Å². The first-order valence-electron chi connectivity index (χ1n) is 3.86. The van der Waals surface area contributed by atoms with E-state index in [2.05, 4.69) is 0 Å². The van der Waals surface area contributed by atoms with Gasteiger partial charge in [0.25, 0.3) is 0 Å². The minimum Gasteiger partial charge on any atom is -0.390 e. The smallest absolute Gasteiger partial charge is 0.229 e. The van der Waals surface area contributed by atoms with E-state index >= 15 is 0 Å². The van der Waals surface area contributed by atoms with Crippen molar-refractivity contribution in [3.8, 4) is 0 Å². The quantitative estimate of drug-likeness (QED) is 0.505. The van der Waals surface area contributed by atoms with Crippen LogP contribution in [0.1, 0.15) is 12.8 Å². The third-order valence-corrected chi connectivity index (χ3v) is 1.82. The SMILES string of the molecule is NC[C@@H](O)CN1C(=O)CCC1=O. The molecule has 1 saturated heterocycles. The second-order valence-corrected chi connectivity index (χ2v) is 2.79.